The molecule has 0 bridgehead atoms. The van der Waals surface area contributed by atoms with Crippen LogP contribution in [0.25, 0.3) is 0 Å². The van der Waals surface area contributed by atoms with E-state index >= 15 is 0 Å². The minimum atomic E-state index is 0.0754. The zero-order valence-electron chi connectivity index (χ0n) is 10.0. The summed E-state index contributed by atoms with van der Waals surface area (Å²) in [5.74, 6) is 2.72. The predicted octanol–water partition coefficient (Wildman–Crippen LogP) is 2.34. The minimum absolute atomic E-state index is 0.0754. The fourth-order valence-electron chi connectivity index (χ4n) is 2.32. The molecule has 0 heterocycles. The number of methoxy groups -OCH3 is 1. The van der Waals surface area contributed by atoms with Crippen molar-refractivity contribution in [3.8, 4) is 12.3 Å². The predicted molar refractivity (Wildman–Crippen MR) is 63.7 cm³/mol. The Kier molecular flexibility index (Phi) is 5.14. The van der Waals surface area contributed by atoms with Gasteiger partial charge in [0.1, 0.15) is 0 Å². The van der Waals surface area contributed by atoms with Crippen molar-refractivity contribution in [2.45, 2.75) is 57.1 Å². The van der Waals surface area contributed by atoms with E-state index < -0.39 is 0 Å². The van der Waals surface area contributed by atoms with Crippen LogP contribution in [0, 0.1) is 12.3 Å². The molecule has 86 valence electrons. The summed E-state index contributed by atoms with van der Waals surface area (Å²) in [5, 5.41) is 3.58. The number of ether oxygens (including phenoxy) is 1. The van der Waals surface area contributed by atoms with Crippen molar-refractivity contribution < 1.29 is 4.74 Å². The van der Waals surface area contributed by atoms with Gasteiger partial charge in [-0.2, -0.15) is 0 Å². The fraction of sp³-hybridized carbons (Fsp3) is 0.846. The molecule has 1 rings (SSSR count). The lowest BCUT2D eigenvalue weighted by Crippen LogP contribution is -2.56. The van der Waals surface area contributed by atoms with E-state index in [-0.39, 0.29) is 5.60 Å². The molecule has 0 aromatic rings. The highest BCUT2D eigenvalue weighted by molar-refractivity contribution is 5.01. The molecule has 2 nitrogen and oxygen atoms in total. The van der Waals surface area contributed by atoms with Crippen molar-refractivity contribution in [2.24, 2.45) is 0 Å². The van der Waals surface area contributed by atoms with E-state index in [0.29, 0.717) is 6.04 Å². The molecule has 0 aromatic heterocycles. The third-order valence-electron chi connectivity index (χ3n) is 3.46. The average Bonchev–Trinajstić information content (AvgIpc) is 2.20. The summed E-state index contributed by atoms with van der Waals surface area (Å²) in [5.41, 5.74) is 0.0754. The second-order valence-electron chi connectivity index (χ2n) is 4.37. The van der Waals surface area contributed by atoms with Crippen molar-refractivity contribution in [1.29, 1.82) is 0 Å². The maximum Gasteiger partial charge on any atom is 0.0831 e. The largest absolute Gasteiger partial charge is 0.377 e. The highest BCUT2D eigenvalue weighted by Gasteiger charge is 2.43. The molecule has 0 aliphatic heterocycles. The molecule has 1 unspecified atom stereocenters. The summed E-state index contributed by atoms with van der Waals surface area (Å²) in [7, 11) is 1.83. The van der Waals surface area contributed by atoms with Gasteiger partial charge in [-0.3, -0.25) is 0 Å². The van der Waals surface area contributed by atoms with Crippen molar-refractivity contribution in [3.05, 3.63) is 0 Å². The Bertz CT molecular complexity index is 210. The summed E-state index contributed by atoms with van der Waals surface area (Å²) < 4.78 is 5.70. The number of hydrogen-bond donors (Lipinski definition) is 1. The molecule has 1 saturated carbocycles. The van der Waals surface area contributed by atoms with Gasteiger partial charge < -0.3 is 10.1 Å². The standard InChI is InChI=1S/C13H23NO/c1-4-6-8-12(14-11-5-2)13(15-3)9-7-10-13/h1,12,14H,5-11H2,2-3H3. The maximum absolute atomic E-state index is 5.70. The van der Waals surface area contributed by atoms with E-state index in [0.717, 1.165) is 25.8 Å². The van der Waals surface area contributed by atoms with E-state index in [1.807, 2.05) is 7.11 Å². The Morgan fingerprint density at radius 3 is 2.67 bits per heavy atom. The SMILES string of the molecule is C#CCCC(NCCC)C1(OC)CCC1. The lowest BCUT2D eigenvalue weighted by Gasteiger charge is -2.47. The summed E-state index contributed by atoms with van der Waals surface area (Å²) >= 11 is 0. The van der Waals surface area contributed by atoms with E-state index in [9.17, 15) is 0 Å². The Morgan fingerprint density at radius 2 is 2.27 bits per heavy atom. The molecule has 1 aliphatic carbocycles. The second kappa shape index (κ2) is 6.15. The molecule has 15 heavy (non-hydrogen) atoms. The minimum Gasteiger partial charge on any atom is -0.377 e. The second-order valence-corrected chi connectivity index (χ2v) is 4.37. The summed E-state index contributed by atoms with van der Waals surface area (Å²) in [4.78, 5) is 0. The van der Waals surface area contributed by atoms with Gasteiger partial charge in [0.2, 0.25) is 0 Å². The Morgan fingerprint density at radius 1 is 1.53 bits per heavy atom. The average molecular weight is 209 g/mol. The molecule has 1 fully saturated rings. The third-order valence-corrected chi connectivity index (χ3v) is 3.46. The molecule has 1 atom stereocenters. The number of hydrogen-bond acceptors (Lipinski definition) is 2. The van der Waals surface area contributed by atoms with Crippen molar-refractivity contribution in [2.75, 3.05) is 13.7 Å². The van der Waals surface area contributed by atoms with Crippen LogP contribution in [0.2, 0.25) is 0 Å². The quantitative estimate of drug-likeness (QED) is 0.650. The summed E-state index contributed by atoms with van der Waals surface area (Å²) in [6, 6.07) is 0.437. The molecule has 0 aromatic carbocycles. The summed E-state index contributed by atoms with van der Waals surface area (Å²) in [6.07, 6.45) is 12.0. The molecule has 0 spiro atoms. The van der Waals surface area contributed by atoms with E-state index in [1.165, 1.54) is 19.3 Å². The van der Waals surface area contributed by atoms with Crippen LogP contribution in [0.5, 0.6) is 0 Å². The van der Waals surface area contributed by atoms with Gasteiger partial charge in [-0.25, -0.2) is 0 Å². The van der Waals surface area contributed by atoms with Gasteiger partial charge in [-0.15, -0.1) is 12.3 Å². The van der Waals surface area contributed by atoms with Crippen molar-refractivity contribution in [1.82, 2.24) is 5.32 Å². The van der Waals surface area contributed by atoms with Crippen molar-refractivity contribution in [3.63, 3.8) is 0 Å². The van der Waals surface area contributed by atoms with Crippen LogP contribution in [0.3, 0.4) is 0 Å². The van der Waals surface area contributed by atoms with Crippen LogP contribution < -0.4 is 5.32 Å². The molecule has 2 heteroatoms. The topological polar surface area (TPSA) is 21.3 Å². The first-order valence-corrected chi connectivity index (χ1v) is 6.01. The molecular formula is C13H23NO. The highest BCUT2D eigenvalue weighted by Crippen LogP contribution is 2.39. The van der Waals surface area contributed by atoms with E-state index in [2.05, 4.69) is 18.2 Å². The Hall–Kier alpha value is -0.520. The first-order chi connectivity index (χ1) is 7.29. The normalized spacial score (nSPS) is 20.3. The van der Waals surface area contributed by atoms with Gasteiger partial charge in [0.25, 0.3) is 0 Å². The molecule has 1 aliphatic rings. The van der Waals surface area contributed by atoms with Crippen LogP contribution in [0.1, 0.15) is 45.4 Å². The Labute approximate surface area is 93.8 Å². The zero-order chi connectivity index (χ0) is 11.1. The van der Waals surface area contributed by atoms with Gasteiger partial charge in [0.05, 0.1) is 5.60 Å². The third kappa shape index (κ3) is 2.96. The van der Waals surface area contributed by atoms with E-state index in [4.69, 9.17) is 11.2 Å². The van der Waals surface area contributed by atoms with E-state index in [1.54, 1.807) is 0 Å². The summed E-state index contributed by atoms with van der Waals surface area (Å²) in [6.45, 7) is 3.24. The van der Waals surface area contributed by atoms with Gasteiger partial charge >= 0.3 is 0 Å². The first kappa shape index (κ1) is 12.5. The fourth-order valence-corrected chi connectivity index (χ4v) is 2.32. The number of rotatable bonds is 7. The Balaban J connectivity index is 2.49. The zero-order valence-corrected chi connectivity index (χ0v) is 10.0. The van der Waals surface area contributed by atoms with Crippen LogP contribution >= 0.6 is 0 Å². The molecule has 0 amide bonds. The van der Waals surface area contributed by atoms with Gasteiger partial charge in [-0.05, 0) is 38.6 Å². The lowest BCUT2D eigenvalue weighted by atomic mass is 9.73. The highest BCUT2D eigenvalue weighted by atomic mass is 16.5. The molecule has 0 radical (unpaired) electrons. The maximum atomic E-state index is 5.70. The van der Waals surface area contributed by atoms with Gasteiger partial charge in [-0.1, -0.05) is 6.92 Å². The number of nitrogens with one attached hydrogen (secondary N) is 1. The lowest BCUT2D eigenvalue weighted by molar-refractivity contribution is -0.0995. The molecule has 1 N–H and O–H groups in total. The van der Waals surface area contributed by atoms with Crippen LogP contribution in [-0.4, -0.2) is 25.3 Å². The first-order valence-electron chi connectivity index (χ1n) is 6.01. The molecular weight excluding hydrogens is 186 g/mol. The monoisotopic (exact) mass is 209 g/mol. The van der Waals surface area contributed by atoms with Gasteiger partial charge in [0, 0.05) is 19.6 Å². The van der Waals surface area contributed by atoms with Crippen molar-refractivity contribution >= 4 is 0 Å². The van der Waals surface area contributed by atoms with Crippen LogP contribution in [-0.2, 0) is 4.74 Å². The van der Waals surface area contributed by atoms with Gasteiger partial charge in [0.15, 0.2) is 0 Å². The molecule has 0 saturated heterocycles. The number of terminal acetylenes is 1. The smallest absolute Gasteiger partial charge is 0.0831 e. The van der Waals surface area contributed by atoms with Crippen LogP contribution in [0.15, 0.2) is 0 Å². The van der Waals surface area contributed by atoms with Crippen LogP contribution in [0.4, 0.5) is 0 Å².